The zero-order valence-electron chi connectivity index (χ0n) is 11.5. The summed E-state index contributed by atoms with van der Waals surface area (Å²) in [4.78, 5) is 16.4. The van der Waals surface area contributed by atoms with Crippen molar-refractivity contribution in [2.24, 2.45) is 0 Å². The van der Waals surface area contributed by atoms with E-state index in [1.54, 1.807) is 6.07 Å². The zero-order chi connectivity index (χ0) is 14.7. The molecule has 7 heteroatoms. The molecule has 20 heavy (non-hydrogen) atoms. The summed E-state index contributed by atoms with van der Waals surface area (Å²) in [6, 6.07) is 5.42. The highest BCUT2D eigenvalue weighted by molar-refractivity contribution is 8.02. The molecule has 0 aliphatic rings. The van der Waals surface area contributed by atoms with Crippen LogP contribution in [-0.4, -0.2) is 20.5 Å². The number of carbonyl (C=O) groups excluding carboxylic acids is 1. The first kappa shape index (κ1) is 14.8. The van der Waals surface area contributed by atoms with Crippen LogP contribution in [0.5, 0.6) is 0 Å². The van der Waals surface area contributed by atoms with Crippen molar-refractivity contribution in [2.75, 3.05) is 11.1 Å². The van der Waals surface area contributed by atoms with Crippen LogP contribution in [0.1, 0.15) is 18.3 Å². The van der Waals surface area contributed by atoms with Crippen molar-refractivity contribution in [1.29, 1.82) is 0 Å². The number of anilines is 2. The number of rotatable bonds is 4. The number of hydrogen-bond donors (Lipinski definition) is 2. The molecule has 1 aromatic carbocycles. The van der Waals surface area contributed by atoms with Gasteiger partial charge in [-0.2, -0.15) is 4.37 Å². The Morgan fingerprint density at radius 2 is 2.20 bits per heavy atom. The van der Waals surface area contributed by atoms with Crippen LogP contribution in [0.3, 0.4) is 0 Å². The number of nitrogens with zero attached hydrogens (tertiary/aromatic N) is 2. The van der Waals surface area contributed by atoms with Crippen molar-refractivity contribution in [3.05, 3.63) is 29.6 Å². The van der Waals surface area contributed by atoms with Crippen LogP contribution in [0.25, 0.3) is 0 Å². The van der Waals surface area contributed by atoms with Gasteiger partial charge < -0.3 is 11.1 Å². The molecular formula is C13H16N4OS2. The molecule has 0 fully saturated rings. The number of nitrogens with one attached hydrogen (secondary N) is 1. The molecule has 1 heterocycles. The standard InChI is InChI=1S/C13H16N4OS2/c1-7-6-10(14)4-5-11(7)16-12(18)8(2)19-13-15-9(3)17-20-13/h4-6,8H,14H2,1-3H3,(H,16,18). The van der Waals surface area contributed by atoms with Crippen molar-refractivity contribution in [2.45, 2.75) is 30.4 Å². The summed E-state index contributed by atoms with van der Waals surface area (Å²) in [5, 5.41) is 2.67. The third-order valence-corrected chi connectivity index (χ3v) is 4.64. The number of amides is 1. The number of carbonyl (C=O) groups is 1. The second-order valence-corrected chi connectivity index (χ2v) is 6.77. The number of nitrogens with two attached hydrogens (primary N) is 1. The van der Waals surface area contributed by atoms with Crippen LogP contribution >= 0.6 is 23.3 Å². The Balaban J connectivity index is 2.00. The third-order valence-electron chi connectivity index (χ3n) is 2.66. The number of thioether (sulfide) groups is 1. The molecule has 0 aliphatic heterocycles. The number of aromatic nitrogens is 2. The zero-order valence-corrected chi connectivity index (χ0v) is 13.1. The SMILES string of the molecule is Cc1nsc(SC(C)C(=O)Nc2ccc(N)cc2C)n1. The van der Waals surface area contributed by atoms with E-state index in [4.69, 9.17) is 5.73 Å². The lowest BCUT2D eigenvalue weighted by atomic mass is 10.2. The topological polar surface area (TPSA) is 80.9 Å². The molecule has 3 N–H and O–H groups in total. The van der Waals surface area contributed by atoms with Gasteiger partial charge in [0.1, 0.15) is 5.82 Å². The molecule has 1 atom stereocenters. The van der Waals surface area contributed by atoms with E-state index in [0.717, 1.165) is 21.4 Å². The minimum absolute atomic E-state index is 0.0595. The van der Waals surface area contributed by atoms with E-state index >= 15 is 0 Å². The number of aryl methyl sites for hydroxylation is 2. The van der Waals surface area contributed by atoms with Crippen LogP contribution < -0.4 is 11.1 Å². The van der Waals surface area contributed by atoms with Crippen molar-refractivity contribution < 1.29 is 4.79 Å². The van der Waals surface area contributed by atoms with E-state index in [-0.39, 0.29) is 11.2 Å². The molecular weight excluding hydrogens is 292 g/mol. The number of benzene rings is 1. The normalized spacial score (nSPS) is 12.2. The lowest BCUT2D eigenvalue weighted by molar-refractivity contribution is -0.115. The second-order valence-electron chi connectivity index (χ2n) is 4.43. The molecule has 2 rings (SSSR count). The van der Waals surface area contributed by atoms with Gasteiger partial charge in [0.25, 0.3) is 0 Å². The van der Waals surface area contributed by atoms with E-state index in [0.29, 0.717) is 5.69 Å². The van der Waals surface area contributed by atoms with E-state index in [9.17, 15) is 4.79 Å². The maximum Gasteiger partial charge on any atom is 0.237 e. The molecule has 106 valence electrons. The molecule has 2 aromatic rings. The molecule has 0 spiro atoms. The first-order chi connectivity index (χ1) is 9.45. The lowest BCUT2D eigenvalue weighted by Gasteiger charge is -2.12. The van der Waals surface area contributed by atoms with Crippen molar-refractivity contribution in [1.82, 2.24) is 9.36 Å². The predicted octanol–water partition coefficient (Wildman–Crippen LogP) is 2.86. The van der Waals surface area contributed by atoms with Gasteiger partial charge in [-0.25, -0.2) is 4.98 Å². The highest BCUT2D eigenvalue weighted by Gasteiger charge is 2.17. The quantitative estimate of drug-likeness (QED) is 0.670. The number of nitrogen functional groups attached to an aromatic ring is 1. The highest BCUT2D eigenvalue weighted by Crippen LogP contribution is 2.26. The summed E-state index contributed by atoms with van der Waals surface area (Å²) in [6.07, 6.45) is 0. The van der Waals surface area contributed by atoms with Gasteiger partial charge in [-0.05, 0) is 56.1 Å². The fourth-order valence-corrected chi connectivity index (χ4v) is 3.39. The summed E-state index contributed by atoms with van der Waals surface area (Å²) >= 11 is 2.72. The first-order valence-electron chi connectivity index (χ1n) is 6.09. The minimum atomic E-state index is -0.237. The van der Waals surface area contributed by atoms with E-state index in [1.165, 1.54) is 23.3 Å². The van der Waals surface area contributed by atoms with Crippen LogP contribution in [-0.2, 0) is 4.79 Å². The first-order valence-corrected chi connectivity index (χ1v) is 7.75. The van der Waals surface area contributed by atoms with Crippen LogP contribution in [0.4, 0.5) is 11.4 Å². The highest BCUT2D eigenvalue weighted by atomic mass is 32.2. The van der Waals surface area contributed by atoms with Gasteiger partial charge >= 0.3 is 0 Å². The maximum atomic E-state index is 12.2. The van der Waals surface area contributed by atoms with Crippen LogP contribution in [0, 0.1) is 13.8 Å². The smallest absolute Gasteiger partial charge is 0.237 e. The van der Waals surface area contributed by atoms with E-state index in [1.807, 2.05) is 32.9 Å². The summed E-state index contributed by atoms with van der Waals surface area (Å²) in [7, 11) is 0. The monoisotopic (exact) mass is 308 g/mol. The molecule has 1 amide bonds. The van der Waals surface area contributed by atoms with Gasteiger partial charge in [0.2, 0.25) is 5.91 Å². The lowest BCUT2D eigenvalue weighted by Crippen LogP contribution is -2.22. The molecule has 1 aromatic heterocycles. The molecule has 0 radical (unpaired) electrons. The third kappa shape index (κ3) is 3.71. The van der Waals surface area contributed by atoms with Gasteiger partial charge in [-0.15, -0.1) is 0 Å². The summed E-state index contributed by atoms with van der Waals surface area (Å²) < 4.78 is 4.91. The largest absolute Gasteiger partial charge is 0.399 e. The van der Waals surface area contributed by atoms with Crippen LogP contribution in [0.2, 0.25) is 0 Å². The van der Waals surface area contributed by atoms with Gasteiger partial charge in [0.15, 0.2) is 4.34 Å². The second kappa shape index (κ2) is 6.23. The Bertz CT molecular complexity index is 627. The Hall–Kier alpha value is -1.60. The van der Waals surface area contributed by atoms with Gasteiger partial charge in [-0.3, -0.25) is 4.79 Å². The summed E-state index contributed by atoms with van der Waals surface area (Å²) in [5.41, 5.74) is 8.11. The van der Waals surface area contributed by atoms with E-state index < -0.39 is 0 Å². The van der Waals surface area contributed by atoms with Gasteiger partial charge in [-0.1, -0.05) is 11.8 Å². The van der Waals surface area contributed by atoms with Crippen LogP contribution in [0.15, 0.2) is 22.5 Å². The number of hydrogen-bond acceptors (Lipinski definition) is 6. The van der Waals surface area contributed by atoms with Gasteiger partial charge in [0.05, 0.1) is 5.25 Å². The summed E-state index contributed by atoms with van der Waals surface area (Å²) in [6.45, 7) is 5.60. The molecule has 5 nitrogen and oxygen atoms in total. The fraction of sp³-hybridized carbons (Fsp3) is 0.308. The predicted molar refractivity (Wildman–Crippen MR) is 84.2 cm³/mol. The average Bonchev–Trinajstić information content (AvgIpc) is 2.78. The van der Waals surface area contributed by atoms with E-state index in [2.05, 4.69) is 14.7 Å². The Labute approximate surface area is 126 Å². The van der Waals surface area contributed by atoms with Crippen molar-refractivity contribution in [3.63, 3.8) is 0 Å². The van der Waals surface area contributed by atoms with Crippen molar-refractivity contribution in [3.8, 4) is 0 Å². The fourth-order valence-electron chi connectivity index (χ4n) is 1.59. The molecule has 0 saturated carbocycles. The Morgan fingerprint density at radius 3 is 2.80 bits per heavy atom. The Kier molecular flexibility index (Phi) is 4.61. The van der Waals surface area contributed by atoms with Gasteiger partial charge in [0, 0.05) is 11.4 Å². The molecule has 1 unspecified atom stereocenters. The maximum absolute atomic E-state index is 12.2. The molecule has 0 saturated heterocycles. The molecule has 0 bridgehead atoms. The molecule has 0 aliphatic carbocycles. The minimum Gasteiger partial charge on any atom is -0.399 e. The summed E-state index contributed by atoms with van der Waals surface area (Å²) in [5.74, 6) is 0.676. The Morgan fingerprint density at radius 1 is 1.45 bits per heavy atom. The van der Waals surface area contributed by atoms with Crippen molar-refractivity contribution >= 4 is 40.6 Å². The average molecular weight is 308 g/mol.